The number of rotatable bonds is 6. The van der Waals surface area contributed by atoms with Gasteiger partial charge in [-0.25, -0.2) is 0 Å². The van der Waals surface area contributed by atoms with Crippen LogP contribution in [0.4, 0.5) is 17.1 Å². The predicted octanol–water partition coefficient (Wildman–Crippen LogP) is 13.2. The van der Waals surface area contributed by atoms with Crippen molar-refractivity contribution in [3.63, 3.8) is 0 Å². The third-order valence-corrected chi connectivity index (χ3v) is 8.96. The number of fused-ring (bicyclic) bond motifs is 5. The fraction of sp³-hybridized carbons (Fsp3) is 0. The van der Waals surface area contributed by atoms with E-state index >= 15 is 0 Å². The third-order valence-electron chi connectivity index (χ3n) is 8.96. The summed E-state index contributed by atoms with van der Waals surface area (Å²) in [6.45, 7) is 0. The van der Waals surface area contributed by atoms with Crippen molar-refractivity contribution in [1.82, 2.24) is 0 Å². The molecule has 0 unspecified atom stereocenters. The molecule has 226 valence electrons. The van der Waals surface area contributed by atoms with Crippen LogP contribution in [0.1, 0.15) is 6.85 Å². The van der Waals surface area contributed by atoms with E-state index in [0.717, 1.165) is 55.3 Å². The van der Waals surface area contributed by atoms with Crippen molar-refractivity contribution in [2.24, 2.45) is 0 Å². The molecule has 1 aromatic heterocycles. The van der Waals surface area contributed by atoms with Crippen molar-refractivity contribution < 1.29 is 11.3 Å². The molecule has 2 nitrogen and oxygen atoms in total. The Bertz CT molecular complexity index is 2790. The second kappa shape index (κ2) is 11.8. The molecule has 0 aliphatic heterocycles. The number of hydrogen-bond donors (Lipinski definition) is 0. The Hall–Kier alpha value is -6.38. The van der Waals surface area contributed by atoms with Gasteiger partial charge in [-0.05, 0) is 87.3 Å². The first kappa shape index (κ1) is 23.0. The van der Waals surface area contributed by atoms with Crippen LogP contribution in [0.15, 0.2) is 192 Å². The summed E-state index contributed by atoms with van der Waals surface area (Å²) in [7, 11) is 0. The van der Waals surface area contributed by atoms with Crippen LogP contribution in [0.2, 0.25) is 0 Å². The second-order valence-corrected chi connectivity index (χ2v) is 11.8. The van der Waals surface area contributed by atoms with Crippen LogP contribution < -0.4 is 4.90 Å². The first-order valence-corrected chi connectivity index (χ1v) is 15.9. The van der Waals surface area contributed by atoms with Crippen molar-refractivity contribution in [3.8, 4) is 33.4 Å². The Morgan fingerprint density at radius 3 is 1.71 bits per heavy atom. The molecular weight excluding hydrogens is 583 g/mol. The minimum Gasteiger partial charge on any atom is -0.455 e. The highest BCUT2D eigenvalue weighted by Gasteiger charge is 2.18. The maximum atomic E-state index is 8.79. The Morgan fingerprint density at radius 2 is 1.00 bits per heavy atom. The molecule has 0 fully saturated rings. The highest BCUT2D eigenvalue weighted by atomic mass is 16.3. The Kier molecular flexibility index (Phi) is 5.64. The van der Waals surface area contributed by atoms with Gasteiger partial charge in [-0.15, -0.1) is 0 Å². The number of anilines is 3. The van der Waals surface area contributed by atoms with Crippen molar-refractivity contribution >= 4 is 49.8 Å². The summed E-state index contributed by atoms with van der Waals surface area (Å²) in [6.07, 6.45) is 0. The van der Waals surface area contributed by atoms with Gasteiger partial charge in [0.2, 0.25) is 0 Å². The monoisotopic (exact) mass is 618 g/mol. The van der Waals surface area contributed by atoms with E-state index in [9.17, 15) is 0 Å². The zero-order valence-corrected chi connectivity index (χ0v) is 25.9. The quantitative estimate of drug-likeness (QED) is 0.184. The molecule has 9 rings (SSSR count). The van der Waals surface area contributed by atoms with Crippen molar-refractivity contribution in [3.05, 3.63) is 188 Å². The molecule has 2 heteroatoms. The predicted molar refractivity (Wildman–Crippen MR) is 202 cm³/mol. The second-order valence-electron chi connectivity index (χ2n) is 11.8. The van der Waals surface area contributed by atoms with Gasteiger partial charge in [0.1, 0.15) is 11.2 Å². The van der Waals surface area contributed by atoms with Gasteiger partial charge in [0.25, 0.3) is 0 Å². The minimum absolute atomic E-state index is 0.170. The lowest BCUT2D eigenvalue weighted by atomic mass is 9.93. The normalized spacial score (nSPS) is 12.8. The lowest BCUT2D eigenvalue weighted by Gasteiger charge is -2.26. The largest absolute Gasteiger partial charge is 0.455 e. The van der Waals surface area contributed by atoms with Gasteiger partial charge in [0.15, 0.2) is 0 Å². The van der Waals surface area contributed by atoms with E-state index in [2.05, 4.69) is 95.9 Å². The third kappa shape index (κ3) is 4.83. The van der Waals surface area contributed by atoms with Gasteiger partial charge < -0.3 is 9.32 Å². The molecule has 0 saturated carbocycles. The molecule has 0 aliphatic rings. The molecule has 9 aromatic rings. The van der Waals surface area contributed by atoms with E-state index in [1.165, 1.54) is 5.56 Å². The van der Waals surface area contributed by atoms with Crippen molar-refractivity contribution in [1.29, 1.82) is 0 Å². The van der Waals surface area contributed by atoms with Gasteiger partial charge in [0.05, 0.1) is 6.85 Å². The van der Waals surface area contributed by atoms with Crippen LogP contribution >= 0.6 is 0 Å². The molecule has 0 spiro atoms. The van der Waals surface area contributed by atoms with Crippen LogP contribution in [0, 0.1) is 0 Å². The summed E-state index contributed by atoms with van der Waals surface area (Å²) >= 11 is 0. The molecule has 0 amide bonds. The maximum Gasteiger partial charge on any atom is 0.143 e. The van der Waals surface area contributed by atoms with E-state index in [-0.39, 0.29) is 29.7 Å². The topological polar surface area (TPSA) is 16.4 Å². The Balaban J connectivity index is 1.19. The van der Waals surface area contributed by atoms with Crippen molar-refractivity contribution in [2.45, 2.75) is 0 Å². The summed E-state index contributed by atoms with van der Waals surface area (Å²) in [5, 5.41) is 3.26. The standard InChI is InChI=1S/C46H31NO/c1-4-13-32(14-5-1)33-23-27-37(28-24-33)47(36-17-8-3-9-18-36)38-29-25-35(26-30-38)39-21-12-22-44-45(39)43-31-42(34-15-6-2-7-16-34)40-19-10-11-20-41(40)46(43)48-44/h1-31H/i2D,6D,7D,15D,16D. The minimum atomic E-state index is -0.413. The molecule has 1 heterocycles. The first-order chi connectivity index (χ1) is 25.9. The molecule has 0 aliphatic carbocycles. The van der Waals surface area contributed by atoms with E-state index < -0.39 is 6.04 Å². The molecule has 0 saturated heterocycles. The number of para-hydroxylation sites is 1. The van der Waals surface area contributed by atoms with Crippen LogP contribution in [0.25, 0.3) is 66.1 Å². The number of furan rings is 1. The molecule has 0 atom stereocenters. The first-order valence-electron chi connectivity index (χ1n) is 18.4. The smallest absolute Gasteiger partial charge is 0.143 e. The lowest BCUT2D eigenvalue weighted by molar-refractivity contribution is 0.673. The molecule has 8 aromatic carbocycles. The van der Waals surface area contributed by atoms with Crippen LogP contribution in [0.3, 0.4) is 0 Å². The zero-order chi connectivity index (χ0) is 36.2. The van der Waals surface area contributed by atoms with Crippen LogP contribution in [0.5, 0.6) is 0 Å². The molecular formula is C46H31NO. The van der Waals surface area contributed by atoms with E-state index in [0.29, 0.717) is 16.7 Å². The molecule has 0 N–H and O–H groups in total. The zero-order valence-electron chi connectivity index (χ0n) is 30.9. The molecule has 0 radical (unpaired) electrons. The van der Waals surface area contributed by atoms with Gasteiger partial charge in [-0.1, -0.05) is 139 Å². The Labute approximate surface area is 286 Å². The van der Waals surface area contributed by atoms with Crippen LogP contribution in [-0.2, 0) is 0 Å². The summed E-state index contributed by atoms with van der Waals surface area (Å²) < 4.78 is 49.1. The Morgan fingerprint density at radius 1 is 0.417 bits per heavy atom. The summed E-state index contributed by atoms with van der Waals surface area (Å²) in [4.78, 5) is 2.24. The van der Waals surface area contributed by atoms with Gasteiger partial charge >= 0.3 is 0 Å². The summed E-state index contributed by atoms with van der Waals surface area (Å²) in [5.74, 6) is 0. The maximum absolute atomic E-state index is 8.79. The fourth-order valence-corrected chi connectivity index (χ4v) is 6.73. The van der Waals surface area contributed by atoms with E-state index in [1.54, 1.807) is 0 Å². The lowest BCUT2D eigenvalue weighted by Crippen LogP contribution is -2.09. The van der Waals surface area contributed by atoms with E-state index in [1.807, 2.05) is 66.7 Å². The number of hydrogen-bond acceptors (Lipinski definition) is 2. The van der Waals surface area contributed by atoms with Crippen LogP contribution in [-0.4, -0.2) is 0 Å². The number of nitrogens with zero attached hydrogens (tertiary/aromatic N) is 1. The molecule has 0 bridgehead atoms. The SMILES string of the molecule is [2H]c1c([2H])c([2H])c(-c2cc3c(oc4cccc(-c5ccc(N(c6ccccc6)c6ccc(-c7ccccc7)cc6)cc5)c43)c3ccccc23)c([2H])c1[2H]. The van der Waals surface area contributed by atoms with Gasteiger partial charge in [-0.3, -0.25) is 0 Å². The number of benzene rings is 8. The highest BCUT2D eigenvalue weighted by Crippen LogP contribution is 2.44. The average Bonchev–Trinajstić information content (AvgIpc) is 3.60. The average molecular weight is 619 g/mol. The summed E-state index contributed by atoms with van der Waals surface area (Å²) in [6, 6.07) is 51.8. The summed E-state index contributed by atoms with van der Waals surface area (Å²) in [5.41, 5.74) is 9.50. The van der Waals surface area contributed by atoms with E-state index in [4.69, 9.17) is 11.3 Å². The van der Waals surface area contributed by atoms with Gasteiger partial charge in [0, 0.05) is 33.2 Å². The fourth-order valence-electron chi connectivity index (χ4n) is 6.73. The van der Waals surface area contributed by atoms with Crippen molar-refractivity contribution in [2.75, 3.05) is 4.90 Å². The molecule has 48 heavy (non-hydrogen) atoms. The highest BCUT2D eigenvalue weighted by molar-refractivity contribution is 6.22. The van der Waals surface area contributed by atoms with Gasteiger partial charge in [-0.2, -0.15) is 0 Å².